The van der Waals surface area contributed by atoms with E-state index in [-0.39, 0.29) is 11.9 Å². The molecule has 0 aliphatic carbocycles. The number of halogens is 1. The lowest BCUT2D eigenvalue weighted by atomic mass is 10.1. The highest BCUT2D eigenvalue weighted by Gasteiger charge is 2.08. The second-order valence-electron chi connectivity index (χ2n) is 4.36. The van der Waals surface area contributed by atoms with Gasteiger partial charge < -0.3 is 5.32 Å². The normalized spacial score (nSPS) is 12.2. The molecule has 0 fully saturated rings. The molecule has 3 nitrogen and oxygen atoms in total. The average molecular weight is 245 g/mol. The topological polar surface area (TPSA) is 37.8 Å². The van der Waals surface area contributed by atoms with Crippen molar-refractivity contribution < 1.29 is 4.39 Å². The van der Waals surface area contributed by atoms with E-state index in [1.54, 1.807) is 18.3 Å². The van der Waals surface area contributed by atoms with Crippen LogP contribution in [0.2, 0.25) is 0 Å². The number of rotatable bonds is 3. The lowest BCUT2D eigenvalue weighted by Gasteiger charge is -2.16. The fourth-order valence-corrected chi connectivity index (χ4v) is 1.71. The van der Waals surface area contributed by atoms with Crippen molar-refractivity contribution in [1.29, 1.82) is 0 Å². The van der Waals surface area contributed by atoms with E-state index in [1.165, 1.54) is 12.1 Å². The van der Waals surface area contributed by atoms with Crippen molar-refractivity contribution in [2.75, 3.05) is 5.32 Å². The van der Waals surface area contributed by atoms with E-state index in [0.717, 1.165) is 22.8 Å². The van der Waals surface area contributed by atoms with E-state index < -0.39 is 0 Å². The van der Waals surface area contributed by atoms with Crippen LogP contribution in [-0.2, 0) is 0 Å². The second-order valence-corrected chi connectivity index (χ2v) is 4.36. The van der Waals surface area contributed by atoms with Crippen molar-refractivity contribution in [2.45, 2.75) is 26.8 Å². The Balaban J connectivity index is 2.18. The van der Waals surface area contributed by atoms with Crippen molar-refractivity contribution >= 4 is 5.82 Å². The molecule has 0 bridgehead atoms. The standard InChI is InChI=1S/C14H16FN3/c1-9-8-16-11(3)14(17-9)18-10(2)12-4-6-13(15)7-5-12/h4-8,10H,1-3H3,(H,17,18). The molecule has 0 saturated heterocycles. The van der Waals surface area contributed by atoms with Gasteiger partial charge in [-0.1, -0.05) is 12.1 Å². The monoisotopic (exact) mass is 245 g/mol. The molecular formula is C14H16FN3. The highest BCUT2D eigenvalue weighted by Crippen LogP contribution is 2.19. The zero-order valence-corrected chi connectivity index (χ0v) is 10.7. The molecule has 0 saturated carbocycles. The molecule has 1 heterocycles. The summed E-state index contributed by atoms with van der Waals surface area (Å²) >= 11 is 0. The van der Waals surface area contributed by atoms with E-state index in [4.69, 9.17) is 0 Å². The van der Waals surface area contributed by atoms with Crippen LogP contribution in [0.1, 0.15) is 29.9 Å². The third-order valence-corrected chi connectivity index (χ3v) is 2.80. The number of anilines is 1. The third-order valence-electron chi connectivity index (χ3n) is 2.80. The smallest absolute Gasteiger partial charge is 0.148 e. The summed E-state index contributed by atoms with van der Waals surface area (Å²) in [6.45, 7) is 5.82. The lowest BCUT2D eigenvalue weighted by molar-refractivity contribution is 0.626. The first-order valence-corrected chi connectivity index (χ1v) is 5.88. The van der Waals surface area contributed by atoms with Crippen molar-refractivity contribution in [3.05, 3.63) is 53.2 Å². The van der Waals surface area contributed by atoms with Gasteiger partial charge in [-0.3, -0.25) is 4.98 Å². The minimum atomic E-state index is -0.225. The Morgan fingerprint density at radius 3 is 2.50 bits per heavy atom. The zero-order valence-electron chi connectivity index (χ0n) is 10.7. The fourth-order valence-electron chi connectivity index (χ4n) is 1.71. The van der Waals surface area contributed by atoms with Gasteiger partial charge in [0.05, 0.1) is 17.4 Å². The number of nitrogens with zero attached hydrogens (tertiary/aromatic N) is 2. The highest BCUT2D eigenvalue weighted by molar-refractivity contribution is 5.42. The van der Waals surface area contributed by atoms with Crippen LogP contribution in [0.4, 0.5) is 10.2 Å². The fraction of sp³-hybridized carbons (Fsp3) is 0.286. The Hall–Kier alpha value is -1.97. The Morgan fingerprint density at radius 2 is 1.83 bits per heavy atom. The predicted molar refractivity (Wildman–Crippen MR) is 69.9 cm³/mol. The van der Waals surface area contributed by atoms with Crippen molar-refractivity contribution in [2.24, 2.45) is 0 Å². The lowest BCUT2D eigenvalue weighted by Crippen LogP contribution is -2.10. The van der Waals surface area contributed by atoms with Gasteiger partial charge >= 0.3 is 0 Å². The summed E-state index contributed by atoms with van der Waals surface area (Å²) in [5.74, 6) is 0.546. The molecule has 18 heavy (non-hydrogen) atoms. The molecule has 1 atom stereocenters. The Labute approximate surface area is 106 Å². The first-order valence-electron chi connectivity index (χ1n) is 5.88. The molecule has 0 aliphatic rings. The van der Waals surface area contributed by atoms with Crippen LogP contribution in [0.15, 0.2) is 30.5 Å². The molecule has 0 amide bonds. The SMILES string of the molecule is Cc1cnc(C)c(NC(C)c2ccc(F)cc2)n1. The largest absolute Gasteiger partial charge is 0.362 e. The average Bonchev–Trinajstić information content (AvgIpc) is 2.34. The highest BCUT2D eigenvalue weighted by atomic mass is 19.1. The summed E-state index contributed by atoms with van der Waals surface area (Å²) in [4.78, 5) is 8.66. The van der Waals surface area contributed by atoms with E-state index in [2.05, 4.69) is 15.3 Å². The number of aryl methyl sites for hydroxylation is 2. The van der Waals surface area contributed by atoms with Gasteiger partial charge in [0, 0.05) is 6.20 Å². The first-order chi connectivity index (χ1) is 8.56. The molecule has 1 N–H and O–H groups in total. The van der Waals surface area contributed by atoms with Crippen molar-refractivity contribution in [3.63, 3.8) is 0 Å². The van der Waals surface area contributed by atoms with Gasteiger partial charge in [0.2, 0.25) is 0 Å². The van der Waals surface area contributed by atoms with Crippen LogP contribution in [0.3, 0.4) is 0 Å². The van der Waals surface area contributed by atoms with Gasteiger partial charge in [-0.2, -0.15) is 0 Å². The zero-order chi connectivity index (χ0) is 13.1. The molecule has 4 heteroatoms. The molecule has 94 valence electrons. The van der Waals surface area contributed by atoms with Crippen LogP contribution in [-0.4, -0.2) is 9.97 Å². The van der Waals surface area contributed by atoms with Crippen LogP contribution in [0.25, 0.3) is 0 Å². The summed E-state index contributed by atoms with van der Waals surface area (Å²) in [6.07, 6.45) is 1.74. The van der Waals surface area contributed by atoms with Crippen LogP contribution < -0.4 is 5.32 Å². The maximum atomic E-state index is 12.9. The van der Waals surface area contributed by atoms with E-state index in [0.29, 0.717) is 0 Å². The van der Waals surface area contributed by atoms with Gasteiger partial charge in [-0.15, -0.1) is 0 Å². The maximum Gasteiger partial charge on any atom is 0.148 e. The first kappa shape index (κ1) is 12.5. The number of aromatic nitrogens is 2. The maximum absolute atomic E-state index is 12.9. The number of nitrogens with one attached hydrogen (secondary N) is 1. The molecule has 0 radical (unpaired) electrons. The predicted octanol–water partition coefficient (Wildman–Crippen LogP) is 3.41. The third kappa shape index (κ3) is 2.83. The number of hydrogen-bond acceptors (Lipinski definition) is 3. The van der Waals surface area contributed by atoms with E-state index in [9.17, 15) is 4.39 Å². The van der Waals surface area contributed by atoms with Crippen LogP contribution in [0, 0.1) is 19.7 Å². The molecule has 2 rings (SSSR count). The summed E-state index contributed by atoms with van der Waals surface area (Å²) in [6, 6.07) is 6.52. The summed E-state index contributed by atoms with van der Waals surface area (Å²) in [5.41, 5.74) is 2.74. The van der Waals surface area contributed by atoms with Gasteiger partial charge in [-0.25, -0.2) is 9.37 Å². The number of hydrogen-bond donors (Lipinski definition) is 1. The summed E-state index contributed by atoms with van der Waals surface area (Å²) < 4.78 is 12.9. The molecule has 1 aromatic heterocycles. The molecule has 1 aromatic carbocycles. The summed E-state index contributed by atoms with van der Waals surface area (Å²) in [5, 5.41) is 3.29. The van der Waals surface area contributed by atoms with E-state index >= 15 is 0 Å². The Morgan fingerprint density at radius 1 is 1.17 bits per heavy atom. The quantitative estimate of drug-likeness (QED) is 0.900. The Kier molecular flexibility index (Phi) is 3.55. The van der Waals surface area contributed by atoms with Crippen LogP contribution in [0.5, 0.6) is 0 Å². The minimum absolute atomic E-state index is 0.0559. The van der Waals surface area contributed by atoms with Gasteiger partial charge in [0.15, 0.2) is 0 Å². The molecule has 2 aromatic rings. The van der Waals surface area contributed by atoms with Gasteiger partial charge in [0.25, 0.3) is 0 Å². The van der Waals surface area contributed by atoms with Gasteiger partial charge in [-0.05, 0) is 38.5 Å². The molecule has 0 aliphatic heterocycles. The summed E-state index contributed by atoms with van der Waals surface area (Å²) in [7, 11) is 0. The van der Waals surface area contributed by atoms with Crippen LogP contribution >= 0.6 is 0 Å². The number of benzene rings is 1. The molecule has 0 spiro atoms. The second kappa shape index (κ2) is 5.12. The minimum Gasteiger partial charge on any atom is -0.362 e. The van der Waals surface area contributed by atoms with Crippen molar-refractivity contribution in [1.82, 2.24) is 9.97 Å². The Bertz CT molecular complexity index is 537. The molecular weight excluding hydrogens is 229 g/mol. The van der Waals surface area contributed by atoms with E-state index in [1.807, 2.05) is 20.8 Å². The van der Waals surface area contributed by atoms with Gasteiger partial charge in [0.1, 0.15) is 11.6 Å². The van der Waals surface area contributed by atoms with Crippen molar-refractivity contribution in [3.8, 4) is 0 Å². The molecule has 1 unspecified atom stereocenters.